The zero-order valence-corrected chi connectivity index (χ0v) is 31.9. The van der Waals surface area contributed by atoms with Gasteiger partial charge in [-0.1, -0.05) is 5.21 Å². The number of nitrogens with zero attached hydrogens (tertiary/aromatic N) is 5. The smallest absolute Gasteiger partial charge is 0.407 e. The van der Waals surface area contributed by atoms with Gasteiger partial charge in [0.25, 0.3) is 0 Å². The molecule has 20 nitrogen and oxygen atoms in total. The van der Waals surface area contributed by atoms with Crippen LogP contribution >= 0.6 is 0 Å². The molecule has 0 aromatic carbocycles. The lowest BCUT2D eigenvalue weighted by Crippen LogP contribution is -2.48. The number of carboxylic acid groups (broad SMARTS) is 1. The predicted octanol–water partition coefficient (Wildman–Crippen LogP) is -0.735. The average Bonchev–Trinajstić information content (AvgIpc) is 3.64. The van der Waals surface area contributed by atoms with Crippen molar-refractivity contribution in [3.05, 3.63) is 11.9 Å². The molecule has 1 aliphatic heterocycles. The summed E-state index contributed by atoms with van der Waals surface area (Å²) in [5.74, 6) is 0. The molecule has 0 bridgehead atoms. The molecule has 0 spiro atoms. The van der Waals surface area contributed by atoms with E-state index in [1.54, 1.807) is 4.68 Å². The van der Waals surface area contributed by atoms with E-state index in [1.165, 1.54) is 4.90 Å². The van der Waals surface area contributed by atoms with Gasteiger partial charge in [-0.3, -0.25) is 4.90 Å². The van der Waals surface area contributed by atoms with Gasteiger partial charge in [0.05, 0.1) is 178 Å². The molecule has 2 N–H and O–H groups in total. The van der Waals surface area contributed by atoms with Crippen LogP contribution in [0, 0.1) is 0 Å². The van der Waals surface area contributed by atoms with Crippen molar-refractivity contribution < 1.29 is 71.8 Å². The van der Waals surface area contributed by atoms with E-state index in [0.717, 1.165) is 25.3 Å². The first-order chi connectivity index (χ1) is 26.7. The molecule has 0 aliphatic carbocycles. The Kier molecular flexibility index (Phi) is 32.4. The van der Waals surface area contributed by atoms with Gasteiger partial charge in [-0.2, -0.15) is 0 Å². The number of amides is 1. The highest BCUT2D eigenvalue weighted by atomic mass is 16.6. The molecule has 20 heteroatoms. The first kappa shape index (κ1) is 48.0. The molecule has 0 unspecified atom stereocenters. The van der Waals surface area contributed by atoms with E-state index in [4.69, 9.17) is 67.1 Å². The number of hydrogen-bond donors (Lipinski definition) is 2. The molecule has 0 saturated carbocycles. The standard InChI is InChI=1S/C34H65N5O15/c40-7-10-44-12-14-46-16-18-48-20-22-50-24-26-52-28-30-53-29-27-51-25-23-49-21-19-47-17-15-45-13-11-43-9-6-39-31-33(35-36-39)32-54-8-5-37-1-3-38(4-2-37)34(41)42/h31,40H,1-30,32H2,(H,41,42). The molecule has 1 fully saturated rings. The van der Waals surface area contributed by atoms with Gasteiger partial charge in [0.1, 0.15) is 5.69 Å². The largest absolute Gasteiger partial charge is 0.465 e. The number of aromatic nitrogens is 3. The minimum Gasteiger partial charge on any atom is -0.465 e. The van der Waals surface area contributed by atoms with Crippen LogP contribution in [0.15, 0.2) is 6.20 Å². The fraction of sp³-hybridized carbons (Fsp3) is 0.912. The number of rotatable bonds is 40. The highest BCUT2D eigenvalue weighted by Crippen LogP contribution is 2.03. The minimum atomic E-state index is -0.860. The maximum atomic E-state index is 11.0. The van der Waals surface area contributed by atoms with Crippen LogP contribution in [0.4, 0.5) is 4.79 Å². The highest BCUT2D eigenvalue weighted by molar-refractivity contribution is 5.65. The molecule has 1 aromatic rings. The third-order valence-corrected chi connectivity index (χ3v) is 7.45. The number of hydrogen-bond acceptors (Lipinski definition) is 17. The maximum absolute atomic E-state index is 11.0. The van der Waals surface area contributed by atoms with Crippen molar-refractivity contribution in [2.45, 2.75) is 13.2 Å². The van der Waals surface area contributed by atoms with Crippen LogP contribution in [0.25, 0.3) is 0 Å². The summed E-state index contributed by atoms with van der Waals surface area (Å²) >= 11 is 0. The maximum Gasteiger partial charge on any atom is 0.407 e. The average molecular weight is 784 g/mol. The number of aliphatic hydroxyl groups is 1. The van der Waals surface area contributed by atoms with E-state index in [2.05, 4.69) is 15.2 Å². The Labute approximate surface area is 319 Å². The first-order valence-electron chi connectivity index (χ1n) is 18.8. The molecule has 316 valence electrons. The summed E-state index contributed by atoms with van der Waals surface area (Å²) in [4.78, 5) is 14.6. The van der Waals surface area contributed by atoms with Crippen LogP contribution < -0.4 is 0 Å². The van der Waals surface area contributed by atoms with Crippen molar-refractivity contribution in [2.24, 2.45) is 0 Å². The van der Waals surface area contributed by atoms with Gasteiger partial charge in [-0.05, 0) is 0 Å². The summed E-state index contributed by atoms with van der Waals surface area (Å²) in [7, 11) is 0. The molecule has 2 rings (SSSR count). The quantitative estimate of drug-likeness (QED) is 0.0787. The number of aliphatic hydroxyl groups excluding tert-OH is 1. The number of piperazine rings is 1. The molecule has 0 atom stereocenters. The summed E-state index contributed by atoms with van der Waals surface area (Å²) in [6.07, 6.45) is 0.984. The van der Waals surface area contributed by atoms with E-state index >= 15 is 0 Å². The van der Waals surface area contributed by atoms with Gasteiger partial charge in [-0.15, -0.1) is 5.10 Å². The summed E-state index contributed by atoms with van der Waals surface area (Å²) in [5.41, 5.74) is 0.753. The van der Waals surface area contributed by atoms with E-state index < -0.39 is 6.09 Å². The molecular weight excluding hydrogens is 718 g/mol. The van der Waals surface area contributed by atoms with Crippen LogP contribution in [-0.2, 0) is 70.0 Å². The lowest BCUT2D eigenvalue weighted by molar-refractivity contribution is -0.0278. The van der Waals surface area contributed by atoms with Crippen molar-refractivity contribution in [3.8, 4) is 0 Å². The molecule has 0 radical (unpaired) electrons. The second-order valence-corrected chi connectivity index (χ2v) is 11.6. The summed E-state index contributed by atoms with van der Waals surface area (Å²) in [6.45, 7) is 15.4. The fourth-order valence-corrected chi connectivity index (χ4v) is 4.57. The third kappa shape index (κ3) is 29.2. The Morgan fingerprint density at radius 2 is 0.852 bits per heavy atom. The van der Waals surface area contributed by atoms with E-state index in [9.17, 15) is 4.79 Å². The monoisotopic (exact) mass is 783 g/mol. The van der Waals surface area contributed by atoms with E-state index in [-0.39, 0.29) is 6.61 Å². The Bertz CT molecular complexity index is 962. The van der Waals surface area contributed by atoms with Gasteiger partial charge in [0, 0.05) is 32.7 Å². The molecule has 1 aliphatic rings. The molecule has 1 amide bonds. The minimum absolute atomic E-state index is 0.0196. The molecule has 54 heavy (non-hydrogen) atoms. The second-order valence-electron chi connectivity index (χ2n) is 11.6. The van der Waals surface area contributed by atoms with Crippen LogP contribution in [-0.4, -0.2) is 232 Å². The molecule has 1 aromatic heterocycles. The lowest BCUT2D eigenvalue weighted by Gasteiger charge is -2.32. The fourth-order valence-electron chi connectivity index (χ4n) is 4.57. The van der Waals surface area contributed by atoms with Crippen molar-refractivity contribution in [1.82, 2.24) is 24.8 Å². The Morgan fingerprint density at radius 3 is 1.22 bits per heavy atom. The van der Waals surface area contributed by atoms with Crippen LogP contribution in [0.5, 0.6) is 0 Å². The zero-order valence-electron chi connectivity index (χ0n) is 31.9. The Hall–Kier alpha value is -2.15. The van der Waals surface area contributed by atoms with Gasteiger partial charge < -0.3 is 72.0 Å². The second kappa shape index (κ2) is 36.5. The van der Waals surface area contributed by atoms with Crippen molar-refractivity contribution in [2.75, 3.05) is 191 Å². The van der Waals surface area contributed by atoms with E-state index in [0.29, 0.717) is 178 Å². The van der Waals surface area contributed by atoms with Crippen molar-refractivity contribution in [3.63, 3.8) is 0 Å². The molecule has 1 saturated heterocycles. The summed E-state index contributed by atoms with van der Waals surface area (Å²) < 4.78 is 67.3. The van der Waals surface area contributed by atoms with Gasteiger partial charge in [0.2, 0.25) is 0 Å². The van der Waals surface area contributed by atoms with Gasteiger partial charge in [-0.25, -0.2) is 9.48 Å². The third-order valence-electron chi connectivity index (χ3n) is 7.45. The van der Waals surface area contributed by atoms with Crippen LogP contribution in [0.2, 0.25) is 0 Å². The highest BCUT2D eigenvalue weighted by Gasteiger charge is 2.19. The van der Waals surface area contributed by atoms with Gasteiger partial charge >= 0.3 is 6.09 Å². The Morgan fingerprint density at radius 1 is 0.500 bits per heavy atom. The van der Waals surface area contributed by atoms with Crippen LogP contribution in [0.3, 0.4) is 0 Å². The van der Waals surface area contributed by atoms with Crippen molar-refractivity contribution in [1.29, 1.82) is 0 Å². The summed E-state index contributed by atoms with van der Waals surface area (Å²) in [5, 5.41) is 25.8. The molecule has 2 heterocycles. The predicted molar refractivity (Wildman–Crippen MR) is 192 cm³/mol. The van der Waals surface area contributed by atoms with E-state index in [1.807, 2.05) is 6.20 Å². The van der Waals surface area contributed by atoms with Gasteiger partial charge in [0.15, 0.2) is 0 Å². The Balaban J connectivity index is 1.19. The topological polar surface area (TPSA) is 205 Å². The van der Waals surface area contributed by atoms with Crippen LogP contribution in [0.1, 0.15) is 5.69 Å². The first-order valence-corrected chi connectivity index (χ1v) is 18.8. The zero-order chi connectivity index (χ0) is 38.4. The lowest BCUT2D eigenvalue weighted by atomic mass is 10.3. The number of ether oxygens (including phenoxy) is 12. The number of carbonyl (C=O) groups is 1. The SMILES string of the molecule is O=C(O)N1CCN(CCOCc2cn(CCOCCOCCOCCOCCOCCOCCOCCOCCOCCOCCOCCO)nn2)CC1. The molecular formula is C34H65N5O15. The summed E-state index contributed by atoms with van der Waals surface area (Å²) in [6, 6.07) is 0. The normalized spacial score (nSPS) is 13.7. The van der Waals surface area contributed by atoms with Crippen molar-refractivity contribution >= 4 is 6.09 Å².